The normalized spacial score (nSPS) is 10.9. The number of aryl methyl sites for hydroxylation is 2. The summed E-state index contributed by atoms with van der Waals surface area (Å²) >= 11 is 7.89. The number of rotatable bonds is 5. The highest BCUT2D eigenvalue weighted by Crippen LogP contribution is 2.31. The summed E-state index contributed by atoms with van der Waals surface area (Å²) in [4.78, 5) is 1.05. The van der Waals surface area contributed by atoms with Gasteiger partial charge in [-0.25, -0.2) is 0 Å². The molecule has 2 aromatic rings. The quantitative estimate of drug-likeness (QED) is 0.670. The summed E-state index contributed by atoms with van der Waals surface area (Å²) in [6, 6.07) is 7.80. The van der Waals surface area contributed by atoms with Crippen LogP contribution < -0.4 is 5.73 Å². The van der Waals surface area contributed by atoms with Gasteiger partial charge in [0, 0.05) is 28.6 Å². The van der Waals surface area contributed by atoms with Crippen molar-refractivity contribution < 1.29 is 0 Å². The first kappa shape index (κ1) is 14.3. The third-order valence-electron chi connectivity index (χ3n) is 2.91. The maximum atomic E-state index is 6.18. The molecule has 5 heteroatoms. The number of hydrogen-bond acceptors (Lipinski definition) is 3. The number of thioether (sulfide) groups is 1. The SMILES string of the molecule is CCc1cc(CSc2ccc(N)cc2Cl)n(CC)n1. The van der Waals surface area contributed by atoms with Crippen LogP contribution in [0.5, 0.6) is 0 Å². The van der Waals surface area contributed by atoms with Gasteiger partial charge in [-0.05, 0) is 37.6 Å². The molecule has 0 atom stereocenters. The van der Waals surface area contributed by atoms with E-state index in [4.69, 9.17) is 17.3 Å². The van der Waals surface area contributed by atoms with Crippen LogP contribution in [0.15, 0.2) is 29.2 Å². The molecule has 102 valence electrons. The molecule has 0 aliphatic rings. The maximum Gasteiger partial charge on any atom is 0.0625 e. The van der Waals surface area contributed by atoms with Gasteiger partial charge >= 0.3 is 0 Å². The number of nitrogens with two attached hydrogens (primary N) is 1. The van der Waals surface area contributed by atoms with Crippen LogP contribution in [0, 0.1) is 0 Å². The molecule has 0 fully saturated rings. The number of halogens is 1. The summed E-state index contributed by atoms with van der Waals surface area (Å²) in [5, 5.41) is 5.26. The summed E-state index contributed by atoms with van der Waals surface area (Å²) in [5.41, 5.74) is 8.76. The Hall–Kier alpha value is -1.13. The third-order valence-corrected chi connectivity index (χ3v) is 4.44. The average Bonchev–Trinajstić information content (AvgIpc) is 2.80. The lowest BCUT2D eigenvalue weighted by atomic mass is 10.3. The van der Waals surface area contributed by atoms with Crippen LogP contribution in [-0.2, 0) is 18.7 Å². The first-order chi connectivity index (χ1) is 9.13. The van der Waals surface area contributed by atoms with Gasteiger partial charge in [-0.3, -0.25) is 4.68 Å². The van der Waals surface area contributed by atoms with E-state index in [1.807, 2.05) is 12.1 Å². The van der Waals surface area contributed by atoms with Gasteiger partial charge in [-0.1, -0.05) is 18.5 Å². The zero-order valence-electron chi connectivity index (χ0n) is 11.2. The number of nitrogens with zero attached hydrogens (tertiary/aromatic N) is 2. The Morgan fingerprint density at radius 3 is 2.74 bits per heavy atom. The monoisotopic (exact) mass is 295 g/mol. The summed E-state index contributed by atoms with van der Waals surface area (Å²) in [6.07, 6.45) is 0.966. The van der Waals surface area contributed by atoms with Gasteiger partial charge in [0.05, 0.1) is 10.7 Å². The van der Waals surface area contributed by atoms with Crippen LogP contribution in [0.2, 0.25) is 5.02 Å². The molecular formula is C14H18ClN3S. The van der Waals surface area contributed by atoms with E-state index in [0.29, 0.717) is 10.7 Å². The highest BCUT2D eigenvalue weighted by atomic mass is 35.5. The van der Waals surface area contributed by atoms with E-state index < -0.39 is 0 Å². The molecule has 19 heavy (non-hydrogen) atoms. The molecule has 0 unspecified atom stereocenters. The Morgan fingerprint density at radius 1 is 1.32 bits per heavy atom. The fourth-order valence-corrected chi connectivity index (χ4v) is 3.11. The van der Waals surface area contributed by atoms with Crippen LogP contribution in [0.3, 0.4) is 0 Å². The summed E-state index contributed by atoms with van der Waals surface area (Å²) in [7, 11) is 0. The predicted molar refractivity (Wildman–Crippen MR) is 82.7 cm³/mol. The van der Waals surface area contributed by atoms with Crippen LogP contribution in [0.1, 0.15) is 25.2 Å². The van der Waals surface area contributed by atoms with Crippen LogP contribution in [0.25, 0.3) is 0 Å². The molecule has 0 aliphatic carbocycles. The minimum absolute atomic E-state index is 0.696. The van der Waals surface area contributed by atoms with E-state index in [2.05, 4.69) is 29.7 Å². The van der Waals surface area contributed by atoms with E-state index in [-0.39, 0.29) is 0 Å². The number of aromatic nitrogens is 2. The van der Waals surface area contributed by atoms with Crippen molar-refractivity contribution in [2.75, 3.05) is 5.73 Å². The molecule has 1 aromatic heterocycles. The highest BCUT2D eigenvalue weighted by Gasteiger charge is 2.08. The lowest BCUT2D eigenvalue weighted by Gasteiger charge is -2.06. The van der Waals surface area contributed by atoms with Gasteiger partial charge in [-0.2, -0.15) is 5.10 Å². The third kappa shape index (κ3) is 3.45. The van der Waals surface area contributed by atoms with Crippen molar-refractivity contribution in [1.82, 2.24) is 9.78 Å². The molecule has 0 saturated carbocycles. The van der Waals surface area contributed by atoms with Gasteiger partial charge in [-0.15, -0.1) is 11.8 Å². The molecule has 0 radical (unpaired) electrons. The predicted octanol–water partition coefficient (Wildman–Crippen LogP) is 3.99. The van der Waals surface area contributed by atoms with Gasteiger partial charge in [0.15, 0.2) is 0 Å². The fraction of sp³-hybridized carbons (Fsp3) is 0.357. The van der Waals surface area contributed by atoms with Crippen LogP contribution in [-0.4, -0.2) is 9.78 Å². The summed E-state index contributed by atoms with van der Waals surface area (Å²) < 4.78 is 2.05. The fourth-order valence-electron chi connectivity index (χ4n) is 1.86. The van der Waals surface area contributed by atoms with Crippen molar-refractivity contribution in [2.24, 2.45) is 0 Å². The molecule has 2 N–H and O–H groups in total. The lowest BCUT2D eigenvalue weighted by Crippen LogP contribution is -2.01. The zero-order chi connectivity index (χ0) is 13.8. The van der Waals surface area contributed by atoms with Crippen LogP contribution in [0.4, 0.5) is 5.69 Å². The second kappa shape index (κ2) is 6.35. The van der Waals surface area contributed by atoms with Gasteiger partial charge in [0.25, 0.3) is 0 Å². The molecule has 2 rings (SSSR count). The highest BCUT2D eigenvalue weighted by molar-refractivity contribution is 7.98. The molecule has 0 aliphatic heterocycles. The zero-order valence-corrected chi connectivity index (χ0v) is 12.8. The van der Waals surface area contributed by atoms with E-state index >= 15 is 0 Å². The van der Waals surface area contributed by atoms with Gasteiger partial charge < -0.3 is 5.73 Å². The number of nitrogen functional groups attached to an aromatic ring is 1. The summed E-state index contributed by atoms with van der Waals surface area (Å²) in [5.74, 6) is 0.866. The first-order valence-electron chi connectivity index (χ1n) is 6.37. The van der Waals surface area contributed by atoms with Gasteiger partial charge in [0.1, 0.15) is 0 Å². The second-order valence-electron chi connectivity index (χ2n) is 4.27. The van der Waals surface area contributed by atoms with E-state index in [0.717, 1.165) is 29.3 Å². The minimum atomic E-state index is 0.696. The van der Waals surface area contributed by atoms with Crippen molar-refractivity contribution >= 4 is 29.1 Å². The summed E-state index contributed by atoms with van der Waals surface area (Å²) in [6.45, 7) is 5.12. The maximum absolute atomic E-state index is 6.18. The molecule has 1 heterocycles. The largest absolute Gasteiger partial charge is 0.399 e. The number of benzene rings is 1. The Morgan fingerprint density at radius 2 is 2.11 bits per heavy atom. The first-order valence-corrected chi connectivity index (χ1v) is 7.73. The molecule has 0 amide bonds. The Bertz CT molecular complexity index is 566. The van der Waals surface area contributed by atoms with Crippen molar-refractivity contribution in [3.05, 3.63) is 40.7 Å². The molecule has 0 bridgehead atoms. The number of hydrogen-bond donors (Lipinski definition) is 1. The average molecular weight is 296 g/mol. The molecule has 0 saturated heterocycles. The molecular weight excluding hydrogens is 278 g/mol. The van der Waals surface area contributed by atoms with Gasteiger partial charge in [0.2, 0.25) is 0 Å². The molecule has 0 spiro atoms. The van der Waals surface area contributed by atoms with E-state index in [1.54, 1.807) is 17.8 Å². The van der Waals surface area contributed by atoms with E-state index in [1.165, 1.54) is 5.69 Å². The second-order valence-corrected chi connectivity index (χ2v) is 5.70. The van der Waals surface area contributed by atoms with E-state index in [9.17, 15) is 0 Å². The smallest absolute Gasteiger partial charge is 0.0625 e. The molecule has 1 aromatic carbocycles. The van der Waals surface area contributed by atoms with Crippen molar-refractivity contribution in [3.8, 4) is 0 Å². The standard InChI is InChI=1S/C14H18ClN3S/c1-3-11-8-12(18(4-2)17-11)9-19-14-6-5-10(16)7-13(14)15/h5-8H,3-4,9,16H2,1-2H3. The Balaban J connectivity index is 2.11. The molecule has 3 nitrogen and oxygen atoms in total. The topological polar surface area (TPSA) is 43.8 Å². The lowest BCUT2D eigenvalue weighted by molar-refractivity contribution is 0.628. The van der Waals surface area contributed by atoms with Crippen molar-refractivity contribution in [2.45, 2.75) is 37.5 Å². The van der Waals surface area contributed by atoms with Crippen molar-refractivity contribution in [3.63, 3.8) is 0 Å². The Labute approximate surface area is 123 Å². The minimum Gasteiger partial charge on any atom is -0.399 e. The Kier molecular flexibility index (Phi) is 4.77. The van der Waals surface area contributed by atoms with Crippen molar-refractivity contribution in [1.29, 1.82) is 0 Å². The number of anilines is 1. The van der Waals surface area contributed by atoms with Crippen LogP contribution >= 0.6 is 23.4 Å².